The van der Waals surface area contributed by atoms with Gasteiger partial charge in [-0.2, -0.15) is 0 Å². The van der Waals surface area contributed by atoms with Crippen LogP contribution in [0.15, 0.2) is 84.9 Å². The summed E-state index contributed by atoms with van der Waals surface area (Å²) in [5.74, 6) is 0.238. The minimum absolute atomic E-state index is 0.0155. The Balaban J connectivity index is 1.92. The molecule has 0 heterocycles. The highest BCUT2D eigenvalue weighted by Gasteiger charge is 2.31. The lowest BCUT2D eigenvalue weighted by atomic mass is 10.0. The summed E-state index contributed by atoms with van der Waals surface area (Å²) in [5, 5.41) is 3.09. The molecule has 5 nitrogen and oxygen atoms in total. The highest BCUT2D eigenvalue weighted by atomic mass is 16.5. The second kappa shape index (κ2) is 12.6. The van der Waals surface area contributed by atoms with Crippen molar-refractivity contribution in [1.82, 2.24) is 10.2 Å². The van der Waals surface area contributed by atoms with E-state index in [1.54, 1.807) is 4.90 Å². The number of nitrogens with zero attached hydrogens (tertiary/aromatic N) is 1. The molecule has 1 N–H and O–H groups in total. The van der Waals surface area contributed by atoms with E-state index in [1.165, 1.54) is 0 Å². The fourth-order valence-corrected chi connectivity index (χ4v) is 3.71. The maximum atomic E-state index is 13.5. The molecular formula is C29H34N2O3. The number of nitrogens with one attached hydrogen (secondary N) is 1. The molecule has 0 saturated carbocycles. The zero-order valence-corrected chi connectivity index (χ0v) is 20.2. The van der Waals surface area contributed by atoms with Crippen LogP contribution in [0.2, 0.25) is 0 Å². The van der Waals surface area contributed by atoms with E-state index in [0.717, 1.165) is 23.1 Å². The molecule has 5 heteroatoms. The van der Waals surface area contributed by atoms with Crippen molar-refractivity contribution in [3.8, 4) is 5.75 Å². The van der Waals surface area contributed by atoms with Crippen LogP contribution < -0.4 is 10.1 Å². The maximum Gasteiger partial charge on any atom is 0.261 e. The Kier molecular flexibility index (Phi) is 9.27. The Bertz CT molecular complexity index is 1050. The van der Waals surface area contributed by atoms with Crippen LogP contribution in [0.5, 0.6) is 5.75 Å². The predicted octanol–water partition coefficient (Wildman–Crippen LogP) is 4.93. The van der Waals surface area contributed by atoms with Crippen molar-refractivity contribution in [2.75, 3.05) is 6.61 Å². The van der Waals surface area contributed by atoms with E-state index in [-0.39, 0.29) is 24.5 Å². The summed E-state index contributed by atoms with van der Waals surface area (Å²) < 4.78 is 5.78. The minimum Gasteiger partial charge on any atom is -0.484 e. The van der Waals surface area contributed by atoms with Crippen LogP contribution in [0.1, 0.15) is 37.0 Å². The van der Waals surface area contributed by atoms with Gasteiger partial charge in [0.2, 0.25) is 5.91 Å². The number of amides is 2. The third-order valence-electron chi connectivity index (χ3n) is 5.98. The van der Waals surface area contributed by atoms with Crippen molar-refractivity contribution >= 4 is 11.8 Å². The van der Waals surface area contributed by atoms with Gasteiger partial charge in [-0.25, -0.2) is 0 Å². The molecule has 2 amide bonds. The van der Waals surface area contributed by atoms with Crippen molar-refractivity contribution in [3.63, 3.8) is 0 Å². The molecule has 2 atom stereocenters. The van der Waals surface area contributed by atoms with Gasteiger partial charge < -0.3 is 15.0 Å². The molecule has 34 heavy (non-hydrogen) atoms. The van der Waals surface area contributed by atoms with Crippen LogP contribution in [0.3, 0.4) is 0 Å². The lowest BCUT2D eigenvalue weighted by Gasteiger charge is -2.32. The fraction of sp³-hybridized carbons (Fsp3) is 0.310. The summed E-state index contributed by atoms with van der Waals surface area (Å²) in [5.41, 5.74) is 3.08. The largest absolute Gasteiger partial charge is 0.484 e. The Morgan fingerprint density at radius 1 is 0.912 bits per heavy atom. The number of hydrogen-bond donors (Lipinski definition) is 1. The van der Waals surface area contributed by atoms with E-state index in [1.807, 2.05) is 106 Å². The summed E-state index contributed by atoms with van der Waals surface area (Å²) in [7, 11) is 0. The summed E-state index contributed by atoms with van der Waals surface area (Å²) >= 11 is 0. The predicted molar refractivity (Wildman–Crippen MR) is 135 cm³/mol. The van der Waals surface area contributed by atoms with E-state index in [9.17, 15) is 9.59 Å². The third kappa shape index (κ3) is 7.20. The zero-order valence-electron chi connectivity index (χ0n) is 20.2. The van der Waals surface area contributed by atoms with E-state index in [2.05, 4.69) is 5.32 Å². The Morgan fingerprint density at radius 2 is 1.53 bits per heavy atom. The van der Waals surface area contributed by atoms with Crippen LogP contribution >= 0.6 is 0 Å². The summed E-state index contributed by atoms with van der Waals surface area (Å²) in [6.07, 6.45) is 1.23. The summed E-state index contributed by atoms with van der Waals surface area (Å²) in [4.78, 5) is 28.7. The molecule has 0 aliphatic carbocycles. The van der Waals surface area contributed by atoms with Gasteiger partial charge in [0.15, 0.2) is 6.61 Å². The molecule has 0 unspecified atom stereocenters. The molecule has 0 saturated heterocycles. The normalized spacial score (nSPS) is 12.4. The van der Waals surface area contributed by atoms with Gasteiger partial charge in [-0.1, -0.05) is 79.7 Å². The van der Waals surface area contributed by atoms with Crippen LogP contribution in [0.25, 0.3) is 0 Å². The van der Waals surface area contributed by atoms with Gasteiger partial charge in [0.25, 0.3) is 5.91 Å². The number of ether oxygens (including phenoxy) is 1. The van der Waals surface area contributed by atoms with Crippen LogP contribution in [-0.4, -0.2) is 35.4 Å². The van der Waals surface area contributed by atoms with Crippen molar-refractivity contribution in [2.45, 2.75) is 52.2 Å². The quantitative estimate of drug-likeness (QED) is 0.443. The number of hydrogen-bond acceptors (Lipinski definition) is 3. The van der Waals surface area contributed by atoms with Gasteiger partial charge >= 0.3 is 0 Å². The smallest absolute Gasteiger partial charge is 0.261 e. The third-order valence-corrected chi connectivity index (χ3v) is 5.98. The highest BCUT2D eigenvalue weighted by molar-refractivity contribution is 5.88. The fourth-order valence-electron chi connectivity index (χ4n) is 3.71. The van der Waals surface area contributed by atoms with Crippen molar-refractivity contribution in [1.29, 1.82) is 0 Å². The van der Waals surface area contributed by atoms with E-state index >= 15 is 0 Å². The number of benzene rings is 3. The van der Waals surface area contributed by atoms with Crippen LogP contribution in [0.4, 0.5) is 0 Å². The highest BCUT2D eigenvalue weighted by Crippen LogP contribution is 2.18. The average molecular weight is 459 g/mol. The first-order valence-electron chi connectivity index (χ1n) is 11.8. The molecule has 3 aromatic rings. The van der Waals surface area contributed by atoms with Crippen molar-refractivity contribution in [2.24, 2.45) is 0 Å². The number of rotatable bonds is 11. The molecule has 0 spiro atoms. The number of carbonyl (C=O) groups is 2. The molecule has 3 aromatic carbocycles. The van der Waals surface area contributed by atoms with E-state index < -0.39 is 6.04 Å². The first-order valence-corrected chi connectivity index (χ1v) is 11.8. The number of aryl methyl sites for hydroxylation is 1. The molecule has 0 radical (unpaired) electrons. The molecular weight excluding hydrogens is 424 g/mol. The zero-order chi connectivity index (χ0) is 24.3. The van der Waals surface area contributed by atoms with Gasteiger partial charge in [0, 0.05) is 19.0 Å². The SMILES string of the molecule is CC[C@@H](C)NC(=O)[C@H](Cc1ccccc1)N(Cc1ccccc1C)C(=O)COc1ccccc1. The first kappa shape index (κ1) is 25.0. The van der Waals surface area contributed by atoms with Crippen LogP contribution in [0, 0.1) is 6.92 Å². The molecule has 3 rings (SSSR count). The summed E-state index contributed by atoms with van der Waals surface area (Å²) in [6, 6.07) is 26.4. The average Bonchev–Trinajstić information content (AvgIpc) is 2.86. The van der Waals surface area contributed by atoms with E-state index in [4.69, 9.17) is 4.74 Å². The molecule has 0 aliphatic heterocycles. The second-order valence-electron chi connectivity index (χ2n) is 8.57. The minimum atomic E-state index is -0.664. The maximum absolute atomic E-state index is 13.5. The van der Waals surface area contributed by atoms with Gasteiger partial charge in [-0.3, -0.25) is 9.59 Å². The monoisotopic (exact) mass is 458 g/mol. The van der Waals surface area contributed by atoms with Gasteiger partial charge in [-0.05, 0) is 49.1 Å². The Morgan fingerprint density at radius 3 is 2.18 bits per heavy atom. The Hall–Kier alpha value is -3.60. The molecule has 178 valence electrons. The molecule has 0 bridgehead atoms. The molecule has 0 aromatic heterocycles. The van der Waals surface area contributed by atoms with Gasteiger partial charge in [0.1, 0.15) is 11.8 Å². The van der Waals surface area contributed by atoms with Gasteiger partial charge in [0.05, 0.1) is 0 Å². The lowest BCUT2D eigenvalue weighted by Crippen LogP contribution is -2.53. The van der Waals surface area contributed by atoms with Crippen molar-refractivity contribution < 1.29 is 14.3 Å². The first-order chi connectivity index (χ1) is 16.5. The van der Waals surface area contributed by atoms with Gasteiger partial charge in [-0.15, -0.1) is 0 Å². The van der Waals surface area contributed by atoms with E-state index in [0.29, 0.717) is 18.7 Å². The van der Waals surface area contributed by atoms with Crippen LogP contribution in [-0.2, 0) is 22.6 Å². The molecule has 0 aliphatic rings. The Labute approximate surface area is 202 Å². The standard InChI is InChI=1S/C29H34N2O3/c1-4-23(3)30-29(33)27(19-24-14-7-5-8-15-24)31(20-25-16-12-11-13-22(25)2)28(32)21-34-26-17-9-6-10-18-26/h5-18,23,27H,4,19-21H2,1-3H3,(H,30,33)/t23-,27+/m1/s1. The number of para-hydroxylation sites is 1. The topological polar surface area (TPSA) is 58.6 Å². The number of carbonyl (C=O) groups excluding carboxylic acids is 2. The van der Waals surface area contributed by atoms with Crippen molar-refractivity contribution in [3.05, 3.63) is 102 Å². The summed E-state index contributed by atoms with van der Waals surface area (Å²) in [6.45, 7) is 6.21. The lowest BCUT2D eigenvalue weighted by molar-refractivity contribution is -0.143. The second-order valence-corrected chi connectivity index (χ2v) is 8.57. The molecule has 0 fully saturated rings.